The Balaban J connectivity index is 1.42. The molecule has 0 bridgehead atoms. The number of fused-ring (bicyclic) bond motifs is 3. The van der Waals surface area contributed by atoms with Crippen LogP contribution in [0.15, 0.2) is 71.3 Å². The minimum Gasteiger partial charge on any atom is -0.508 e. The van der Waals surface area contributed by atoms with Gasteiger partial charge in [0.25, 0.3) is 0 Å². The van der Waals surface area contributed by atoms with E-state index in [0.717, 1.165) is 30.4 Å². The molecular weight excluding hydrogens is 465 g/mol. The second-order valence-corrected chi connectivity index (χ2v) is 10.5. The minimum atomic E-state index is -0.963. The minimum absolute atomic E-state index is 0.126. The first kappa shape index (κ1) is 25.5. The lowest BCUT2D eigenvalue weighted by Gasteiger charge is -2.43. The van der Waals surface area contributed by atoms with E-state index in [1.807, 2.05) is 30.3 Å². The number of phenolic OH excluding ortho intramolecular Hbond substituents is 1. The van der Waals surface area contributed by atoms with Crippen LogP contribution in [0.1, 0.15) is 51.5 Å². The topological polar surface area (TPSA) is 87.1 Å². The van der Waals surface area contributed by atoms with Crippen LogP contribution in [-0.2, 0) is 14.2 Å². The third-order valence-corrected chi connectivity index (χ3v) is 7.98. The zero-order valence-corrected chi connectivity index (χ0v) is 21.5. The molecule has 0 unspecified atom stereocenters. The van der Waals surface area contributed by atoms with Crippen LogP contribution in [0.3, 0.4) is 0 Å². The Kier molecular flexibility index (Phi) is 7.36. The molecule has 7 heteroatoms. The summed E-state index contributed by atoms with van der Waals surface area (Å²) in [7, 11) is -0.963. The monoisotopic (exact) mass is 499 g/mol. The molecular formula is C30H34BNO5. The van der Waals surface area contributed by atoms with Gasteiger partial charge in [0, 0.05) is 0 Å². The lowest BCUT2D eigenvalue weighted by molar-refractivity contribution is -0.122. The van der Waals surface area contributed by atoms with Crippen LogP contribution >= 0.6 is 0 Å². The van der Waals surface area contributed by atoms with E-state index in [4.69, 9.17) is 4.65 Å². The van der Waals surface area contributed by atoms with Gasteiger partial charge in [0.05, 0.1) is 23.6 Å². The summed E-state index contributed by atoms with van der Waals surface area (Å²) in [5.74, 6) is -1.08. The predicted molar refractivity (Wildman–Crippen MR) is 145 cm³/mol. The number of hydrogen-bond donors (Lipinski definition) is 2. The quantitative estimate of drug-likeness (QED) is 0.304. The number of aromatic hydroxyl groups is 1. The fourth-order valence-electron chi connectivity index (χ4n) is 6.42. The molecule has 2 aromatic carbocycles. The van der Waals surface area contributed by atoms with Gasteiger partial charge in [0.15, 0.2) is 0 Å². The van der Waals surface area contributed by atoms with Gasteiger partial charge >= 0.3 is 7.12 Å². The molecule has 2 heterocycles. The van der Waals surface area contributed by atoms with Crippen molar-refractivity contribution >= 4 is 30.7 Å². The van der Waals surface area contributed by atoms with Crippen LogP contribution in [0.25, 0.3) is 6.08 Å². The molecule has 5 rings (SSSR count). The highest BCUT2D eigenvalue weighted by molar-refractivity contribution is 6.43. The van der Waals surface area contributed by atoms with Gasteiger partial charge < -0.3 is 14.8 Å². The third-order valence-electron chi connectivity index (χ3n) is 7.98. The smallest absolute Gasteiger partial charge is 0.455 e. The number of carbonyl (C=O) groups excluding carboxylic acids is 2. The van der Waals surface area contributed by atoms with Gasteiger partial charge in [-0.3, -0.25) is 14.5 Å². The van der Waals surface area contributed by atoms with Gasteiger partial charge in [-0.15, -0.1) is 0 Å². The second kappa shape index (κ2) is 10.7. The molecule has 0 radical (unpaired) electrons. The summed E-state index contributed by atoms with van der Waals surface area (Å²) >= 11 is 0. The molecule has 2 amide bonds. The fraction of sp³-hybridized carbons (Fsp3) is 0.400. The van der Waals surface area contributed by atoms with Crippen LogP contribution < -0.4 is 4.90 Å². The van der Waals surface area contributed by atoms with Crippen molar-refractivity contribution in [2.75, 3.05) is 4.90 Å². The number of para-hydroxylation sites is 1. The molecule has 2 fully saturated rings. The first-order valence-corrected chi connectivity index (χ1v) is 13.3. The Morgan fingerprint density at radius 1 is 1.08 bits per heavy atom. The number of phenols is 1. The van der Waals surface area contributed by atoms with Gasteiger partial charge in [-0.05, 0) is 80.2 Å². The summed E-state index contributed by atoms with van der Waals surface area (Å²) < 4.78 is 6.10. The van der Waals surface area contributed by atoms with Crippen molar-refractivity contribution in [1.82, 2.24) is 0 Å². The molecule has 6 nitrogen and oxygen atoms in total. The first-order valence-electron chi connectivity index (χ1n) is 13.3. The van der Waals surface area contributed by atoms with E-state index in [1.165, 1.54) is 16.0 Å². The summed E-state index contributed by atoms with van der Waals surface area (Å²) in [4.78, 5) is 28.6. The third kappa shape index (κ3) is 5.03. The zero-order valence-electron chi connectivity index (χ0n) is 21.5. The Morgan fingerprint density at radius 3 is 2.51 bits per heavy atom. The van der Waals surface area contributed by atoms with Crippen molar-refractivity contribution in [2.45, 2.75) is 58.4 Å². The zero-order chi connectivity index (χ0) is 26.1. The van der Waals surface area contributed by atoms with Crippen molar-refractivity contribution < 1.29 is 24.4 Å². The summed E-state index contributed by atoms with van der Waals surface area (Å²) in [6.45, 7) is 4.20. The van der Waals surface area contributed by atoms with E-state index < -0.39 is 13.0 Å². The standard InChI is InChI=1S/C30H34BNO5/c1-3-7-21-17-24-28(30(35)32(29(24)34)22-8-5-4-6-9-22)25-18-31(36)37-26(27(21)25)15-10-19(2)16-20-11-13-23(33)14-12-20/h4-6,8-9,11-14,16,24-26,28,33,36H,3,7,10,15,17-18H2,1-2H3/b19-16+/t24-,25+,26-,28-/m1/s1. The number of hydrogen-bond acceptors (Lipinski definition) is 5. The summed E-state index contributed by atoms with van der Waals surface area (Å²) in [5.41, 5.74) is 5.16. The van der Waals surface area contributed by atoms with Crippen LogP contribution in [0.5, 0.6) is 5.75 Å². The van der Waals surface area contributed by atoms with Gasteiger partial charge in [-0.2, -0.15) is 0 Å². The van der Waals surface area contributed by atoms with E-state index in [2.05, 4.69) is 19.9 Å². The van der Waals surface area contributed by atoms with Gasteiger partial charge in [0.2, 0.25) is 11.8 Å². The molecule has 2 aliphatic heterocycles. The van der Waals surface area contributed by atoms with E-state index in [1.54, 1.807) is 24.3 Å². The van der Waals surface area contributed by atoms with Gasteiger partial charge in [-0.25, -0.2) is 0 Å². The normalized spacial score (nSPS) is 26.0. The van der Waals surface area contributed by atoms with Crippen molar-refractivity contribution in [1.29, 1.82) is 0 Å². The van der Waals surface area contributed by atoms with Crippen molar-refractivity contribution in [3.8, 4) is 5.75 Å². The molecule has 2 aromatic rings. The highest BCUT2D eigenvalue weighted by atomic mass is 16.5. The highest BCUT2D eigenvalue weighted by Crippen LogP contribution is 2.52. The fourth-order valence-corrected chi connectivity index (χ4v) is 6.42. The molecule has 37 heavy (non-hydrogen) atoms. The second-order valence-electron chi connectivity index (χ2n) is 10.5. The van der Waals surface area contributed by atoms with E-state index in [9.17, 15) is 19.7 Å². The highest BCUT2D eigenvalue weighted by Gasteiger charge is 2.57. The maximum atomic E-state index is 13.7. The van der Waals surface area contributed by atoms with E-state index in [0.29, 0.717) is 24.8 Å². The molecule has 0 saturated carbocycles. The van der Waals surface area contributed by atoms with Crippen molar-refractivity contribution in [2.24, 2.45) is 17.8 Å². The predicted octanol–water partition coefficient (Wildman–Crippen LogP) is 5.38. The summed E-state index contributed by atoms with van der Waals surface area (Å²) in [6, 6.07) is 16.3. The lowest BCUT2D eigenvalue weighted by Crippen LogP contribution is -2.46. The lowest BCUT2D eigenvalue weighted by atomic mass is 9.58. The largest absolute Gasteiger partial charge is 0.508 e. The molecule has 3 aliphatic rings. The Morgan fingerprint density at radius 2 is 1.81 bits per heavy atom. The average molecular weight is 499 g/mol. The number of rotatable bonds is 7. The van der Waals surface area contributed by atoms with Crippen molar-refractivity contribution in [3.05, 3.63) is 76.9 Å². The number of amides is 2. The van der Waals surface area contributed by atoms with Gasteiger partial charge in [0.1, 0.15) is 5.75 Å². The van der Waals surface area contributed by atoms with Crippen LogP contribution in [0, 0.1) is 17.8 Å². The maximum Gasteiger partial charge on any atom is 0.455 e. The Labute approximate surface area is 218 Å². The number of allylic oxidation sites excluding steroid dienone is 2. The van der Waals surface area contributed by atoms with Crippen LogP contribution in [0.4, 0.5) is 5.69 Å². The Bertz CT molecular complexity index is 1220. The van der Waals surface area contributed by atoms with Crippen molar-refractivity contribution in [3.63, 3.8) is 0 Å². The summed E-state index contributed by atoms with van der Waals surface area (Å²) in [5, 5.41) is 20.3. The summed E-state index contributed by atoms with van der Waals surface area (Å²) in [6.07, 6.45) is 5.99. The number of imide groups is 1. The van der Waals surface area contributed by atoms with Crippen LogP contribution in [0.2, 0.25) is 6.32 Å². The van der Waals surface area contributed by atoms with E-state index in [-0.39, 0.29) is 35.5 Å². The van der Waals surface area contributed by atoms with E-state index >= 15 is 0 Å². The average Bonchev–Trinajstić information content (AvgIpc) is 3.14. The van der Waals surface area contributed by atoms with Gasteiger partial charge in [-0.1, -0.05) is 60.9 Å². The maximum absolute atomic E-state index is 13.7. The number of nitrogens with zero attached hydrogens (tertiary/aromatic N) is 1. The molecule has 0 spiro atoms. The SMILES string of the molecule is CCCC1=C2[C@@H](CC/C(C)=C/c3ccc(O)cc3)OB(O)C[C@@H]2[C@@H]2C(=O)N(c3ccccc3)C(=O)[C@@H]2C1. The first-order chi connectivity index (χ1) is 17.9. The number of anilines is 1. The Hall–Kier alpha value is -3.16. The molecule has 2 N–H and O–H groups in total. The molecule has 0 aromatic heterocycles. The number of benzene rings is 2. The van der Waals surface area contributed by atoms with Crippen LogP contribution in [-0.4, -0.2) is 35.2 Å². The molecule has 192 valence electrons. The molecule has 1 aliphatic carbocycles. The molecule has 4 atom stereocenters. The number of carbonyl (C=O) groups is 2. The molecule has 2 saturated heterocycles.